The van der Waals surface area contributed by atoms with Gasteiger partial charge in [0.2, 0.25) is 0 Å². The molecule has 6 heteroatoms. The summed E-state index contributed by atoms with van der Waals surface area (Å²) in [5, 5.41) is 0. The third-order valence-corrected chi connectivity index (χ3v) is 0. The van der Waals surface area contributed by atoms with Gasteiger partial charge in [-0.2, -0.15) is 14.0 Å². The van der Waals surface area contributed by atoms with Crippen LogP contribution in [0, 0.1) is 10.2 Å². The monoisotopic (exact) mass is 206 g/mol. The van der Waals surface area contributed by atoms with E-state index in [9.17, 15) is 0 Å². The first-order valence-electron chi connectivity index (χ1n) is 0.632. The van der Waals surface area contributed by atoms with Crippen LogP contribution < -0.4 is 14.0 Å². The summed E-state index contributed by atoms with van der Waals surface area (Å²) in [5.41, 5.74) is 0. The molecule has 0 fully saturated rings. The van der Waals surface area contributed by atoms with E-state index in [4.69, 9.17) is 18.6 Å². The van der Waals surface area contributed by atoms with Gasteiger partial charge in [-0.15, -0.1) is 0 Å². The number of hydrogen-bond donors (Lipinski definition) is 1. The van der Waals surface area contributed by atoms with Crippen LogP contribution in [0.15, 0.2) is 0 Å². The third kappa shape index (κ3) is 110. The van der Waals surface area contributed by atoms with E-state index >= 15 is 0 Å². The second kappa shape index (κ2) is 2.88. The molecule has 0 bridgehead atoms. The van der Waals surface area contributed by atoms with Gasteiger partial charge in [0.25, 0.3) is 0 Å². The zero-order valence-electron chi connectivity index (χ0n) is 2.37. The predicted octanol–water partition coefficient (Wildman–Crippen LogP) is -4.13. The summed E-state index contributed by atoms with van der Waals surface area (Å²) in [4.78, 5) is 0. The molecule has 0 amide bonds. The van der Waals surface area contributed by atoms with Crippen molar-refractivity contribution in [1.29, 1.82) is 0 Å². The van der Waals surface area contributed by atoms with Crippen molar-refractivity contribution in [3.8, 4) is 0 Å². The Morgan fingerprint density at radius 2 is 1.17 bits per heavy atom. The van der Waals surface area contributed by atoms with Gasteiger partial charge in [0, 0.05) is 20.4 Å². The van der Waals surface area contributed by atoms with Crippen LogP contribution in [-0.4, -0.2) is 4.66 Å². The maximum atomic E-state index is 8.60. The van der Waals surface area contributed by atoms with E-state index in [-0.39, 0.29) is 20.4 Å². The molecule has 0 aromatic heterocycles. The second-order valence-electron chi connectivity index (χ2n) is 0.396. The molecular weight excluding hydrogens is 206 g/mol. The minimum atomic E-state index is -4.69. The smallest absolute Gasteiger partial charge is 0.0777 e. The second-order valence-corrected chi connectivity index (χ2v) is 1.19. The van der Waals surface area contributed by atoms with Crippen molar-refractivity contribution < 1.29 is 49.3 Å². The molecule has 0 aliphatic heterocycles. The Balaban J connectivity index is 0. The van der Waals surface area contributed by atoms with Crippen LogP contribution >= 0.6 is 0 Å². The Hall–Kier alpha value is 0.792. The van der Waals surface area contributed by atoms with Gasteiger partial charge in [-0.3, -0.25) is 0 Å². The molecule has 0 radical (unpaired) electrons. The number of rotatable bonds is 0. The van der Waals surface area contributed by atoms with Crippen molar-refractivity contribution >= 4 is 0 Å². The van der Waals surface area contributed by atoms with Crippen molar-refractivity contribution in [2.45, 2.75) is 0 Å². The van der Waals surface area contributed by atoms with E-state index in [0.29, 0.717) is 0 Å². The Bertz CT molecular complexity index is 23.0. The molecule has 0 heterocycles. The zero-order chi connectivity index (χ0) is 4.50. The Morgan fingerprint density at radius 3 is 1.17 bits per heavy atom. The van der Waals surface area contributed by atoms with Gasteiger partial charge in [0.15, 0.2) is 0 Å². The Kier molecular flexibility index (Phi) is 4.77. The molecular formula is HClO4Pd. The fourth-order valence-corrected chi connectivity index (χ4v) is 0. The number of hydrogen-bond acceptors (Lipinski definition) is 4. The molecule has 0 aromatic rings. The first-order chi connectivity index (χ1) is 2.00. The molecule has 0 aromatic carbocycles. The van der Waals surface area contributed by atoms with E-state index in [2.05, 4.69) is 0 Å². The van der Waals surface area contributed by atoms with E-state index < -0.39 is 10.2 Å². The van der Waals surface area contributed by atoms with E-state index in [0.717, 1.165) is 0 Å². The molecule has 0 saturated heterocycles. The fourth-order valence-electron chi connectivity index (χ4n) is 0. The summed E-state index contributed by atoms with van der Waals surface area (Å²) in [5.74, 6) is 0. The van der Waals surface area contributed by atoms with E-state index in [1.165, 1.54) is 0 Å². The molecule has 0 atom stereocenters. The van der Waals surface area contributed by atoms with Gasteiger partial charge in [0.05, 0.1) is 14.9 Å². The van der Waals surface area contributed by atoms with Gasteiger partial charge in [-0.05, 0) is 0 Å². The molecule has 0 unspecified atom stereocenters. The van der Waals surface area contributed by atoms with Crippen LogP contribution in [-0.2, 0) is 20.4 Å². The summed E-state index contributed by atoms with van der Waals surface area (Å²) in [6.45, 7) is 0. The number of halogens is 1. The fraction of sp³-hybridized carbons (Fsp3) is 0. The average molecular weight is 207 g/mol. The van der Waals surface area contributed by atoms with Crippen molar-refractivity contribution in [3.05, 3.63) is 0 Å². The van der Waals surface area contributed by atoms with Gasteiger partial charge in [-0.25, -0.2) is 0 Å². The maximum Gasteiger partial charge on any atom is 0.0777 e. The largest absolute Gasteiger partial charge is 0.183 e. The van der Waals surface area contributed by atoms with Crippen LogP contribution in [0.2, 0.25) is 0 Å². The predicted molar refractivity (Wildman–Crippen MR) is 2.22 cm³/mol. The summed E-state index contributed by atoms with van der Waals surface area (Å²) in [6.07, 6.45) is 0. The maximum absolute atomic E-state index is 8.60. The third-order valence-electron chi connectivity index (χ3n) is 0. The van der Waals surface area contributed by atoms with Gasteiger partial charge in [-0.1, -0.05) is 0 Å². The Labute approximate surface area is 49.8 Å². The first kappa shape index (κ1) is 9.92. The van der Waals surface area contributed by atoms with Crippen molar-refractivity contribution in [3.63, 3.8) is 0 Å². The minimum absolute atomic E-state index is 0. The molecule has 0 rings (SSSR count). The molecule has 42 valence electrons. The molecule has 1 N–H and O–H groups in total. The normalized spacial score (nSPS) is 10.0. The quantitative estimate of drug-likeness (QED) is 0.408. The van der Waals surface area contributed by atoms with Gasteiger partial charge < -0.3 is 0 Å². The van der Waals surface area contributed by atoms with Crippen LogP contribution in [0.3, 0.4) is 0 Å². The first-order valence-corrected chi connectivity index (χ1v) is 1.90. The SMILES string of the molecule is [O-][Cl+3]([O-])([O-])O.[Pd]. The molecule has 0 saturated carbocycles. The molecule has 4 nitrogen and oxygen atoms in total. The van der Waals surface area contributed by atoms with Crippen molar-refractivity contribution in [2.24, 2.45) is 0 Å². The summed E-state index contributed by atoms with van der Waals surface area (Å²) in [7, 11) is -4.69. The topological polar surface area (TPSA) is 89.4 Å². The standard InChI is InChI=1S/ClHO4.Pd/c2-1(3,4)5;/h(H,2,3,4,5);. The van der Waals surface area contributed by atoms with Crippen LogP contribution in [0.4, 0.5) is 0 Å². The average Bonchev–Trinajstić information content (AvgIpc) is 0.722. The van der Waals surface area contributed by atoms with Crippen LogP contribution in [0.1, 0.15) is 0 Å². The van der Waals surface area contributed by atoms with Crippen LogP contribution in [0.5, 0.6) is 0 Å². The summed E-state index contributed by atoms with van der Waals surface area (Å²) in [6, 6.07) is 0. The molecule has 0 aliphatic rings. The Morgan fingerprint density at radius 1 is 1.17 bits per heavy atom. The molecule has 0 aliphatic carbocycles. The molecule has 6 heavy (non-hydrogen) atoms. The van der Waals surface area contributed by atoms with E-state index in [1.54, 1.807) is 0 Å². The van der Waals surface area contributed by atoms with Crippen molar-refractivity contribution in [2.75, 3.05) is 0 Å². The zero-order valence-corrected chi connectivity index (χ0v) is 4.68. The van der Waals surface area contributed by atoms with Gasteiger partial charge >= 0.3 is 0 Å². The summed E-state index contributed by atoms with van der Waals surface area (Å²) >= 11 is 0. The van der Waals surface area contributed by atoms with Crippen molar-refractivity contribution in [1.82, 2.24) is 0 Å². The minimum Gasteiger partial charge on any atom is -0.183 e. The van der Waals surface area contributed by atoms with Crippen LogP contribution in [0.25, 0.3) is 0 Å². The molecule has 0 spiro atoms. The van der Waals surface area contributed by atoms with E-state index in [1.807, 2.05) is 0 Å². The van der Waals surface area contributed by atoms with Gasteiger partial charge in [0.1, 0.15) is 0 Å². The summed E-state index contributed by atoms with van der Waals surface area (Å²) < 4.78 is 32.7.